The van der Waals surface area contributed by atoms with Crippen molar-refractivity contribution < 1.29 is 4.79 Å². The van der Waals surface area contributed by atoms with Gasteiger partial charge in [-0.25, -0.2) is 4.98 Å². The molecular formula is C18H14ClN5O. The molecule has 4 aromatic rings. The first-order valence-corrected chi connectivity index (χ1v) is 8.06. The summed E-state index contributed by atoms with van der Waals surface area (Å²) in [6, 6.07) is 8.95. The molecule has 4 rings (SSSR count). The first-order valence-electron chi connectivity index (χ1n) is 7.68. The van der Waals surface area contributed by atoms with Crippen LogP contribution in [0.3, 0.4) is 0 Å². The van der Waals surface area contributed by atoms with Crippen molar-refractivity contribution in [2.45, 2.75) is 6.92 Å². The number of anilines is 1. The molecule has 3 aromatic heterocycles. The number of fused-ring (bicyclic) bond motifs is 2. The maximum Gasteiger partial charge on any atom is 0.257 e. The molecule has 1 amide bonds. The zero-order valence-electron chi connectivity index (χ0n) is 13.6. The van der Waals surface area contributed by atoms with Gasteiger partial charge in [0, 0.05) is 29.0 Å². The third kappa shape index (κ3) is 2.70. The van der Waals surface area contributed by atoms with Crippen LogP contribution >= 0.6 is 11.6 Å². The van der Waals surface area contributed by atoms with Crippen molar-refractivity contribution in [1.82, 2.24) is 19.7 Å². The fourth-order valence-corrected chi connectivity index (χ4v) is 3.13. The van der Waals surface area contributed by atoms with E-state index in [1.54, 1.807) is 29.2 Å². The van der Waals surface area contributed by atoms with E-state index >= 15 is 0 Å². The molecule has 0 aliphatic carbocycles. The molecule has 0 fully saturated rings. The number of pyridine rings is 2. The van der Waals surface area contributed by atoms with Gasteiger partial charge in [-0.05, 0) is 31.2 Å². The van der Waals surface area contributed by atoms with Gasteiger partial charge in [-0.2, -0.15) is 5.10 Å². The quantitative estimate of drug-likeness (QED) is 0.597. The molecule has 124 valence electrons. The van der Waals surface area contributed by atoms with Crippen LogP contribution in [0, 0.1) is 6.92 Å². The second kappa shape index (κ2) is 5.82. The Kier molecular flexibility index (Phi) is 3.62. The molecule has 0 atom stereocenters. The van der Waals surface area contributed by atoms with Gasteiger partial charge in [0.05, 0.1) is 28.7 Å². The highest BCUT2D eigenvalue weighted by molar-refractivity contribution is 6.32. The number of hydrogen-bond acceptors (Lipinski definition) is 4. The molecule has 0 radical (unpaired) electrons. The largest absolute Gasteiger partial charge is 0.320 e. The molecular weight excluding hydrogens is 338 g/mol. The molecule has 0 saturated heterocycles. The minimum Gasteiger partial charge on any atom is -0.320 e. The van der Waals surface area contributed by atoms with E-state index in [9.17, 15) is 4.79 Å². The summed E-state index contributed by atoms with van der Waals surface area (Å²) in [5, 5.41) is 9.41. The molecule has 1 aromatic carbocycles. The lowest BCUT2D eigenvalue weighted by molar-refractivity contribution is 0.102. The summed E-state index contributed by atoms with van der Waals surface area (Å²) in [5.74, 6) is -0.283. The van der Waals surface area contributed by atoms with Crippen molar-refractivity contribution in [2.24, 2.45) is 7.05 Å². The van der Waals surface area contributed by atoms with Crippen LogP contribution in [0.5, 0.6) is 0 Å². The van der Waals surface area contributed by atoms with Crippen LogP contribution in [0.4, 0.5) is 5.69 Å². The van der Waals surface area contributed by atoms with E-state index < -0.39 is 0 Å². The Morgan fingerprint density at radius 3 is 2.92 bits per heavy atom. The van der Waals surface area contributed by atoms with Crippen LogP contribution in [0.2, 0.25) is 5.02 Å². The number of aromatic nitrogens is 4. The lowest BCUT2D eigenvalue weighted by atomic mass is 10.1. The fraction of sp³-hybridized carbons (Fsp3) is 0.111. The summed E-state index contributed by atoms with van der Waals surface area (Å²) < 4.78 is 1.71. The first-order chi connectivity index (χ1) is 12.0. The Morgan fingerprint density at radius 1 is 1.24 bits per heavy atom. The summed E-state index contributed by atoms with van der Waals surface area (Å²) >= 11 is 6.14. The van der Waals surface area contributed by atoms with Gasteiger partial charge in [0.25, 0.3) is 5.91 Å². The molecule has 7 heteroatoms. The van der Waals surface area contributed by atoms with Gasteiger partial charge in [-0.1, -0.05) is 17.7 Å². The van der Waals surface area contributed by atoms with Crippen LogP contribution in [-0.2, 0) is 7.05 Å². The van der Waals surface area contributed by atoms with E-state index in [2.05, 4.69) is 20.4 Å². The van der Waals surface area contributed by atoms with E-state index in [1.807, 2.05) is 32.2 Å². The van der Waals surface area contributed by atoms with Gasteiger partial charge in [0.1, 0.15) is 0 Å². The zero-order chi connectivity index (χ0) is 17.6. The average molecular weight is 352 g/mol. The van der Waals surface area contributed by atoms with Crippen molar-refractivity contribution >= 4 is 45.1 Å². The average Bonchev–Trinajstić information content (AvgIpc) is 2.88. The molecule has 1 N–H and O–H groups in total. The van der Waals surface area contributed by atoms with Gasteiger partial charge in [-0.3, -0.25) is 14.5 Å². The predicted molar refractivity (Wildman–Crippen MR) is 98.0 cm³/mol. The third-order valence-corrected chi connectivity index (χ3v) is 4.25. The number of nitrogens with one attached hydrogen (secondary N) is 1. The van der Waals surface area contributed by atoms with Crippen LogP contribution in [0.1, 0.15) is 16.1 Å². The maximum atomic E-state index is 12.7. The monoisotopic (exact) mass is 351 g/mol. The van der Waals surface area contributed by atoms with Crippen LogP contribution < -0.4 is 5.32 Å². The third-order valence-electron chi connectivity index (χ3n) is 4.04. The molecule has 3 heterocycles. The van der Waals surface area contributed by atoms with Crippen molar-refractivity contribution in [3.63, 3.8) is 0 Å². The van der Waals surface area contributed by atoms with Gasteiger partial charge >= 0.3 is 0 Å². The topological polar surface area (TPSA) is 72.7 Å². The lowest BCUT2D eigenvalue weighted by Gasteiger charge is -2.08. The van der Waals surface area contributed by atoms with Gasteiger partial charge in [0.2, 0.25) is 0 Å². The SMILES string of the molecule is Cc1nn(C)c2ncc(NC(=O)c3cc(Cl)cc4cccnc34)cc12. The fourth-order valence-electron chi connectivity index (χ4n) is 2.90. The smallest absolute Gasteiger partial charge is 0.257 e. The summed E-state index contributed by atoms with van der Waals surface area (Å²) in [4.78, 5) is 21.4. The number of rotatable bonds is 2. The number of halogens is 1. The van der Waals surface area contributed by atoms with Crippen LogP contribution in [-0.4, -0.2) is 25.7 Å². The molecule has 0 unspecified atom stereocenters. The predicted octanol–water partition coefficient (Wildman–Crippen LogP) is 3.73. The standard InChI is InChI=1S/C18H14ClN5O/c1-10-14-8-13(9-21-17(14)24(2)23-10)22-18(25)15-7-12(19)6-11-4-3-5-20-16(11)15/h3-9H,1-2H3,(H,22,25). The zero-order valence-corrected chi connectivity index (χ0v) is 14.4. The highest BCUT2D eigenvalue weighted by atomic mass is 35.5. The number of aryl methyl sites for hydroxylation is 2. The molecule has 0 aliphatic rings. The maximum absolute atomic E-state index is 12.7. The Bertz CT molecular complexity index is 1140. The lowest BCUT2D eigenvalue weighted by Crippen LogP contribution is -2.13. The minimum atomic E-state index is -0.283. The Morgan fingerprint density at radius 2 is 2.08 bits per heavy atom. The van der Waals surface area contributed by atoms with E-state index in [0.29, 0.717) is 21.8 Å². The molecule has 0 bridgehead atoms. The number of hydrogen-bond donors (Lipinski definition) is 1. The first kappa shape index (κ1) is 15.5. The Labute approximate surface area is 148 Å². The summed E-state index contributed by atoms with van der Waals surface area (Å²) in [5.41, 5.74) is 3.25. The second-order valence-corrected chi connectivity index (χ2v) is 6.22. The van der Waals surface area contributed by atoms with Crippen molar-refractivity contribution in [2.75, 3.05) is 5.32 Å². The number of amides is 1. The van der Waals surface area contributed by atoms with Gasteiger partial charge in [-0.15, -0.1) is 0 Å². The number of nitrogens with zero attached hydrogens (tertiary/aromatic N) is 4. The highest BCUT2D eigenvalue weighted by Crippen LogP contribution is 2.24. The highest BCUT2D eigenvalue weighted by Gasteiger charge is 2.14. The molecule has 0 aliphatic heterocycles. The molecule has 25 heavy (non-hydrogen) atoms. The summed E-state index contributed by atoms with van der Waals surface area (Å²) in [6.45, 7) is 1.91. The number of benzene rings is 1. The van der Waals surface area contributed by atoms with E-state index in [-0.39, 0.29) is 5.91 Å². The van der Waals surface area contributed by atoms with E-state index in [1.165, 1.54) is 0 Å². The van der Waals surface area contributed by atoms with Crippen molar-refractivity contribution in [1.29, 1.82) is 0 Å². The van der Waals surface area contributed by atoms with Gasteiger partial charge < -0.3 is 5.32 Å². The summed E-state index contributed by atoms with van der Waals surface area (Å²) in [7, 11) is 1.84. The Balaban J connectivity index is 1.74. The summed E-state index contributed by atoms with van der Waals surface area (Å²) in [6.07, 6.45) is 3.27. The van der Waals surface area contributed by atoms with Crippen LogP contribution in [0.25, 0.3) is 21.9 Å². The number of carbonyl (C=O) groups excluding carboxylic acids is 1. The molecule has 0 spiro atoms. The van der Waals surface area contributed by atoms with Crippen LogP contribution in [0.15, 0.2) is 42.7 Å². The van der Waals surface area contributed by atoms with E-state index in [0.717, 1.165) is 22.1 Å². The Hall–Kier alpha value is -2.99. The van der Waals surface area contributed by atoms with Crippen molar-refractivity contribution in [3.05, 3.63) is 59.0 Å². The van der Waals surface area contributed by atoms with E-state index in [4.69, 9.17) is 11.6 Å². The second-order valence-electron chi connectivity index (χ2n) is 5.79. The normalized spacial score (nSPS) is 11.2. The minimum absolute atomic E-state index is 0.283. The molecule has 6 nitrogen and oxygen atoms in total. The molecule has 0 saturated carbocycles. The van der Waals surface area contributed by atoms with Gasteiger partial charge in [0.15, 0.2) is 5.65 Å². The number of carbonyl (C=O) groups is 1. The van der Waals surface area contributed by atoms with Crippen molar-refractivity contribution in [3.8, 4) is 0 Å².